The van der Waals surface area contributed by atoms with Crippen LogP contribution in [0.2, 0.25) is 0 Å². The molecule has 6 nitrogen and oxygen atoms in total. The summed E-state index contributed by atoms with van der Waals surface area (Å²) in [6.07, 6.45) is 2.16. The minimum absolute atomic E-state index is 0.0258. The van der Waals surface area contributed by atoms with Gasteiger partial charge in [-0.2, -0.15) is 4.98 Å². The van der Waals surface area contributed by atoms with E-state index >= 15 is 0 Å². The molecule has 0 atom stereocenters. The van der Waals surface area contributed by atoms with Gasteiger partial charge in [0.2, 0.25) is 11.9 Å². The zero-order valence-electron chi connectivity index (χ0n) is 10.5. The van der Waals surface area contributed by atoms with Gasteiger partial charge in [0, 0.05) is 39.8 Å². The van der Waals surface area contributed by atoms with Crippen molar-refractivity contribution in [1.29, 1.82) is 0 Å². The third-order valence-electron chi connectivity index (χ3n) is 2.32. The van der Waals surface area contributed by atoms with E-state index in [1.54, 1.807) is 13.2 Å². The van der Waals surface area contributed by atoms with E-state index in [-0.39, 0.29) is 5.91 Å². The molecule has 2 N–H and O–H groups in total. The summed E-state index contributed by atoms with van der Waals surface area (Å²) in [6.45, 7) is 3.40. The highest BCUT2D eigenvalue weighted by atomic mass is 16.1. The first-order valence-electron chi connectivity index (χ1n) is 5.66. The van der Waals surface area contributed by atoms with Crippen LogP contribution in [0.4, 0.5) is 11.8 Å². The molecular formula is C11H19N5O. The van der Waals surface area contributed by atoms with Crippen LogP contribution in [-0.2, 0) is 4.79 Å². The molecule has 6 heteroatoms. The molecule has 17 heavy (non-hydrogen) atoms. The average Bonchev–Trinajstić information content (AvgIpc) is 2.36. The molecule has 0 aliphatic carbocycles. The average molecular weight is 237 g/mol. The Bertz CT molecular complexity index is 369. The van der Waals surface area contributed by atoms with Crippen molar-refractivity contribution < 1.29 is 4.79 Å². The lowest BCUT2D eigenvalue weighted by molar-refractivity contribution is -0.120. The van der Waals surface area contributed by atoms with Crippen LogP contribution < -0.4 is 15.5 Å². The molecule has 0 bridgehead atoms. The van der Waals surface area contributed by atoms with Crippen molar-refractivity contribution >= 4 is 17.7 Å². The van der Waals surface area contributed by atoms with Gasteiger partial charge < -0.3 is 15.5 Å². The quantitative estimate of drug-likeness (QED) is 0.753. The molecule has 1 rings (SSSR count). The molecule has 1 aromatic heterocycles. The van der Waals surface area contributed by atoms with Crippen LogP contribution in [0.15, 0.2) is 12.3 Å². The topological polar surface area (TPSA) is 70.2 Å². The van der Waals surface area contributed by atoms with Gasteiger partial charge in [-0.25, -0.2) is 4.98 Å². The highest BCUT2D eigenvalue weighted by molar-refractivity contribution is 5.76. The second-order valence-corrected chi connectivity index (χ2v) is 3.61. The van der Waals surface area contributed by atoms with Gasteiger partial charge in [0.1, 0.15) is 5.82 Å². The zero-order chi connectivity index (χ0) is 12.7. The van der Waals surface area contributed by atoms with E-state index in [9.17, 15) is 4.79 Å². The van der Waals surface area contributed by atoms with Crippen LogP contribution in [-0.4, -0.2) is 43.1 Å². The molecule has 0 saturated heterocycles. The fraction of sp³-hybridized carbons (Fsp3) is 0.545. The number of carbonyl (C=O) groups excluding carboxylic acids is 1. The molecule has 1 heterocycles. The number of nitrogens with one attached hydrogen (secondary N) is 2. The van der Waals surface area contributed by atoms with E-state index in [0.29, 0.717) is 18.9 Å². The fourth-order valence-corrected chi connectivity index (χ4v) is 1.31. The Balaban J connectivity index is 2.58. The number of rotatable bonds is 6. The number of nitrogens with zero attached hydrogens (tertiary/aromatic N) is 3. The van der Waals surface area contributed by atoms with Crippen LogP contribution in [0, 0.1) is 0 Å². The number of hydrogen-bond acceptors (Lipinski definition) is 5. The molecule has 0 fully saturated rings. The first-order chi connectivity index (χ1) is 8.17. The summed E-state index contributed by atoms with van der Waals surface area (Å²) in [5.41, 5.74) is 0. The summed E-state index contributed by atoms with van der Waals surface area (Å²) >= 11 is 0. The molecule has 0 aliphatic rings. The molecule has 0 aromatic carbocycles. The van der Waals surface area contributed by atoms with Crippen molar-refractivity contribution in [3.63, 3.8) is 0 Å². The van der Waals surface area contributed by atoms with Gasteiger partial charge in [-0.3, -0.25) is 4.79 Å². The molecule has 0 spiro atoms. The summed E-state index contributed by atoms with van der Waals surface area (Å²) in [5.74, 6) is 1.44. The van der Waals surface area contributed by atoms with Gasteiger partial charge in [-0.05, 0) is 13.0 Å². The van der Waals surface area contributed by atoms with Crippen molar-refractivity contribution in [1.82, 2.24) is 15.3 Å². The number of aromatic nitrogens is 2. The van der Waals surface area contributed by atoms with Crippen molar-refractivity contribution in [2.75, 3.05) is 37.4 Å². The van der Waals surface area contributed by atoms with Gasteiger partial charge in [0.25, 0.3) is 0 Å². The van der Waals surface area contributed by atoms with Gasteiger partial charge in [0.15, 0.2) is 0 Å². The monoisotopic (exact) mass is 237 g/mol. The van der Waals surface area contributed by atoms with Crippen LogP contribution in [0.1, 0.15) is 13.3 Å². The Morgan fingerprint density at radius 3 is 2.94 bits per heavy atom. The van der Waals surface area contributed by atoms with Crippen LogP contribution >= 0.6 is 0 Å². The van der Waals surface area contributed by atoms with E-state index in [0.717, 1.165) is 12.4 Å². The first-order valence-corrected chi connectivity index (χ1v) is 5.66. The molecule has 0 unspecified atom stereocenters. The Morgan fingerprint density at radius 2 is 2.29 bits per heavy atom. The van der Waals surface area contributed by atoms with E-state index < -0.39 is 0 Å². The zero-order valence-corrected chi connectivity index (χ0v) is 10.5. The van der Waals surface area contributed by atoms with E-state index in [1.807, 2.05) is 24.9 Å². The largest absolute Gasteiger partial charge is 0.359 e. The number of anilines is 2. The summed E-state index contributed by atoms with van der Waals surface area (Å²) in [7, 11) is 3.54. The minimum Gasteiger partial charge on any atom is -0.359 e. The normalized spacial score (nSPS) is 9.82. The molecule has 1 amide bonds. The van der Waals surface area contributed by atoms with Crippen molar-refractivity contribution in [2.45, 2.75) is 13.3 Å². The van der Waals surface area contributed by atoms with Gasteiger partial charge in [-0.1, -0.05) is 0 Å². The molecule has 0 saturated carbocycles. The highest BCUT2D eigenvalue weighted by Gasteiger charge is 2.06. The van der Waals surface area contributed by atoms with Gasteiger partial charge in [0.05, 0.1) is 0 Å². The summed E-state index contributed by atoms with van der Waals surface area (Å²) < 4.78 is 0. The maximum absolute atomic E-state index is 11.1. The van der Waals surface area contributed by atoms with Crippen LogP contribution in [0.25, 0.3) is 0 Å². The second kappa shape index (κ2) is 6.67. The minimum atomic E-state index is 0.0258. The third kappa shape index (κ3) is 4.26. The Kier molecular flexibility index (Phi) is 5.19. The third-order valence-corrected chi connectivity index (χ3v) is 2.32. The molecular weight excluding hydrogens is 218 g/mol. The first kappa shape index (κ1) is 13.2. The SMILES string of the molecule is CCNc1nccc(N(C)CCC(=O)NC)n1. The van der Waals surface area contributed by atoms with Crippen molar-refractivity contribution in [3.05, 3.63) is 12.3 Å². The molecule has 0 radical (unpaired) electrons. The predicted octanol–water partition coefficient (Wildman–Crippen LogP) is 0.481. The second-order valence-electron chi connectivity index (χ2n) is 3.61. The lowest BCUT2D eigenvalue weighted by Crippen LogP contribution is -2.27. The molecule has 1 aromatic rings. The van der Waals surface area contributed by atoms with E-state index in [4.69, 9.17) is 0 Å². The maximum atomic E-state index is 11.1. The van der Waals surface area contributed by atoms with Gasteiger partial charge in [-0.15, -0.1) is 0 Å². The van der Waals surface area contributed by atoms with E-state index in [2.05, 4.69) is 20.6 Å². The van der Waals surface area contributed by atoms with Crippen molar-refractivity contribution in [3.8, 4) is 0 Å². The summed E-state index contributed by atoms with van der Waals surface area (Å²) in [6, 6.07) is 1.82. The standard InChI is InChI=1S/C11H19N5O/c1-4-13-11-14-7-5-9(15-11)16(3)8-6-10(17)12-2/h5,7H,4,6,8H2,1-3H3,(H,12,17)(H,13,14,15). The smallest absolute Gasteiger partial charge is 0.224 e. The number of hydrogen-bond donors (Lipinski definition) is 2. The lowest BCUT2D eigenvalue weighted by Gasteiger charge is -2.17. The Labute approximate surface area is 101 Å². The van der Waals surface area contributed by atoms with Crippen molar-refractivity contribution in [2.24, 2.45) is 0 Å². The molecule has 94 valence electrons. The highest BCUT2D eigenvalue weighted by Crippen LogP contribution is 2.10. The molecule has 0 aliphatic heterocycles. The number of amides is 1. The van der Waals surface area contributed by atoms with Gasteiger partial charge >= 0.3 is 0 Å². The Morgan fingerprint density at radius 1 is 1.53 bits per heavy atom. The van der Waals surface area contributed by atoms with Crippen LogP contribution in [0.5, 0.6) is 0 Å². The van der Waals surface area contributed by atoms with Crippen LogP contribution in [0.3, 0.4) is 0 Å². The summed E-state index contributed by atoms with van der Waals surface area (Å²) in [5, 5.41) is 5.64. The fourth-order valence-electron chi connectivity index (χ4n) is 1.31. The predicted molar refractivity (Wildman–Crippen MR) is 68.1 cm³/mol. The van der Waals surface area contributed by atoms with E-state index in [1.165, 1.54) is 0 Å². The number of carbonyl (C=O) groups is 1. The Hall–Kier alpha value is -1.85. The maximum Gasteiger partial charge on any atom is 0.224 e. The summed E-state index contributed by atoms with van der Waals surface area (Å²) in [4.78, 5) is 21.5. The lowest BCUT2D eigenvalue weighted by atomic mass is 10.3.